The third-order valence-corrected chi connectivity index (χ3v) is 3.66. The molecule has 0 saturated carbocycles. The SMILES string of the molecule is COc1ccc(C(=O)N2CCCC2C(=O)Cl)cc1OC. The molecule has 1 heterocycles. The van der Waals surface area contributed by atoms with Crippen molar-refractivity contribution in [1.82, 2.24) is 4.90 Å². The average Bonchev–Trinajstić information content (AvgIpc) is 2.95. The lowest BCUT2D eigenvalue weighted by Gasteiger charge is -2.22. The quantitative estimate of drug-likeness (QED) is 0.798. The Hall–Kier alpha value is -1.75. The molecule has 2 rings (SSSR count). The van der Waals surface area contributed by atoms with E-state index in [1.54, 1.807) is 18.2 Å². The highest BCUT2D eigenvalue weighted by atomic mass is 35.5. The van der Waals surface area contributed by atoms with Crippen LogP contribution in [0.1, 0.15) is 23.2 Å². The summed E-state index contributed by atoms with van der Waals surface area (Å²) in [6.45, 7) is 0.538. The summed E-state index contributed by atoms with van der Waals surface area (Å²) in [4.78, 5) is 25.3. The number of hydrogen-bond acceptors (Lipinski definition) is 4. The van der Waals surface area contributed by atoms with Crippen LogP contribution in [0.4, 0.5) is 0 Å². The van der Waals surface area contributed by atoms with Gasteiger partial charge in [0.1, 0.15) is 6.04 Å². The first-order valence-electron chi connectivity index (χ1n) is 6.30. The van der Waals surface area contributed by atoms with Gasteiger partial charge in [0.05, 0.1) is 14.2 Å². The van der Waals surface area contributed by atoms with Gasteiger partial charge in [-0.05, 0) is 42.6 Å². The molecule has 20 heavy (non-hydrogen) atoms. The fraction of sp³-hybridized carbons (Fsp3) is 0.429. The number of amides is 1. The molecule has 1 atom stereocenters. The molecule has 1 fully saturated rings. The van der Waals surface area contributed by atoms with Crippen LogP contribution in [0.3, 0.4) is 0 Å². The summed E-state index contributed by atoms with van der Waals surface area (Å²) >= 11 is 5.54. The van der Waals surface area contributed by atoms with E-state index >= 15 is 0 Å². The van der Waals surface area contributed by atoms with Gasteiger partial charge in [-0.3, -0.25) is 9.59 Å². The van der Waals surface area contributed by atoms with Gasteiger partial charge in [0.2, 0.25) is 5.24 Å². The van der Waals surface area contributed by atoms with Crippen molar-refractivity contribution in [3.05, 3.63) is 23.8 Å². The van der Waals surface area contributed by atoms with Gasteiger partial charge in [-0.15, -0.1) is 0 Å². The van der Waals surface area contributed by atoms with Gasteiger partial charge < -0.3 is 14.4 Å². The molecule has 0 N–H and O–H groups in total. The standard InChI is InChI=1S/C14H16ClNO4/c1-19-11-6-5-9(8-12(11)20-2)14(18)16-7-3-4-10(16)13(15)17/h5-6,8,10H,3-4,7H2,1-2H3. The predicted octanol–water partition coefficient (Wildman–Crippen LogP) is 2.07. The molecule has 1 aliphatic rings. The van der Waals surface area contributed by atoms with Gasteiger partial charge in [-0.25, -0.2) is 0 Å². The van der Waals surface area contributed by atoms with E-state index in [9.17, 15) is 9.59 Å². The minimum absolute atomic E-state index is 0.220. The molecule has 1 unspecified atom stereocenters. The van der Waals surface area contributed by atoms with E-state index in [1.807, 2.05) is 0 Å². The molecule has 108 valence electrons. The first-order chi connectivity index (χ1) is 9.58. The van der Waals surface area contributed by atoms with Crippen LogP contribution in [0.25, 0.3) is 0 Å². The third kappa shape index (κ3) is 2.72. The van der Waals surface area contributed by atoms with Crippen molar-refractivity contribution in [1.29, 1.82) is 0 Å². The van der Waals surface area contributed by atoms with Crippen LogP contribution in [0.15, 0.2) is 18.2 Å². The first-order valence-corrected chi connectivity index (χ1v) is 6.68. The molecule has 1 saturated heterocycles. The lowest BCUT2D eigenvalue weighted by molar-refractivity contribution is -0.115. The van der Waals surface area contributed by atoms with Crippen LogP contribution in [0.5, 0.6) is 11.5 Å². The van der Waals surface area contributed by atoms with Crippen LogP contribution in [0, 0.1) is 0 Å². The lowest BCUT2D eigenvalue weighted by atomic mass is 10.1. The fourth-order valence-corrected chi connectivity index (χ4v) is 2.61. The number of carbonyl (C=O) groups is 2. The third-order valence-electron chi connectivity index (χ3n) is 3.41. The molecule has 1 aromatic rings. The molecule has 1 aromatic carbocycles. The second-order valence-electron chi connectivity index (χ2n) is 4.53. The number of carbonyl (C=O) groups excluding carboxylic acids is 2. The molecule has 0 aliphatic carbocycles. The van der Waals surface area contributed by atoms with E-state index in [0.717, 1.165) is 6.42 Å². The summed E-state index contributed by atoms with van der Waals surface area (Å²) in [6.07, 6.45) is 1.39. The Morgan fingerprint density at radius 3 is 2.55 bits per heavy atom. The second-order valence-corrected chi connectivity index (χ2v) is 4.90. The van der Waals surface area contributed by atoms with Crippen LogP contribution in [-0.2, 0) is 4.79 Å². The van der Waals surface area contributed by atoms with Gasteiger partial charge in [0.25, 0.3) is 5.91 Å². The van der Waals surface area contributed by atoms with E-state index in [0.29, 0.717) is 30.0 Å². The fourth-order valence-electron chi connectivity index (χ4n) is 2.38. The smallest absolute Gasteiger partial charge is 0.254 e. The summed E-state index contributed by atoms with van der Waals surface area (Å²) in [6, 6.07) is 4.39. The van der Waals surface area contributed by atoms with Gasteiger partial charge in [-0.1, -0.05) is 0 Å². The normalized spacial score (nSPS) is 17.9. The Morgan fingerprint density at radius 2 is 1.95 bits per heavy atom. The van der Waals surface area contributed by atoms with E-state index in [4.69, 9.17) is 21.1 Å². The molecule has 0 aromatic heterocycles. The topological polar surface area (TPSA) is 55.8 Å². The molecule has 1 amide bonds. The highest BCUT2D eigenvalue weighted by Gasteiger charge is 2.33. The van der Waals surface area contributed by atoms with Crippen LogP contribution < -0.4 is 9.47 Å². The number of likely N-dealkylation sites (tertiary alicyclic amines) is 1. The number of hydrogen-bond donors (Lipinski definition) is 0. The van der Waals surface area contributed by atoms with E-state index in [1.165, 1.54) is 19.1 Å². The van der Waals surface area contributed by atoms with Crippen molar-refractivity contribution in [2.75, 3.05) is 20.8 Å². The maximum absolute atomic E-state index is 12.4. The maximum Gasteiger partial charge on any atom is 0.254 e. The number of halogens is 1. The monoisotopic (exact) mass is 297 g/mol. The zero-order chi connectivity index (χ0) is 14.7. The largest absolute Gasteiger partial charge is 0.493 e. The van der Waals surface area contributed by atoms with E-state index < -0.39 is 11.3 Å². The second kappa shape index (κ2) is 6.13. The van der Waals surface area contributed by atoms with Crippen molar-refractivity contribution in [2.45, 2.75) is 18.9 Å². The molecule has 0 radical (unpaired) electrons. The summed E-state index contributed by atoms with van der Waals surface area (Å²) in [5.74, 6) is 0.809. The number of benzene rings is 1. The highest BCUT2D eigenvalue weighted by Crippen LogP contribution is 2.29. The molecular formula is C14H16ClNO4. The minimum atomic E-state index is -0.530. The van der Waals surface area contributed by atoms with Gasteiger partial charge in [0, 0.05) is 12.1 Å². The molecule has 5 nitrogen and oxygen atoms in total. The van der Waals surface area contributed by atoms with Crippen LogP contribution >= 0.6 is 11.6 Å². The highest BCUT2D eigenvalue weighted by molar-refractivity contribution is 6.64. The predicted molar refractivity (Wildman–Crippen MR) is 74.5 cm³/mol. The summed E-state index contributed by atoms with van der Waals surface area (Å²) in [5.41, 5.74) is 0.451. The Morgan fingerprint density at radius 1 is 1.25 bits per heavy atom. The number of rotatable bonds is 4. The number of methoxy groups -OCH3 is 2. The Balaban J connectivity index is 2.27. The Labute approximate surface area is 122 Å². The number of ether oxygens (including phenoxy) is 2. The van der Waals surface area contributed by atoms with Crippen molar-refractivity contribution in [3.63, 3.8) is 0 Å². The minimum Gasteiger partial charge on any atom is -0.493 e. The van der Waals surface area contributed by atoms with Crippen LogP contribution in [-0.4, -0.2) is 42.9 Å². The van der Waals surface area contributed by atoms with E-state index in [2.05, 4.69) is 0 Å². The van der Waals surface area contributed by atoms with Gasteiger partial charge >= 0.3 is 0 Å². The van der Waals surface area contributed by atoms with Crippen LogP contribution in [0.2, 0.25) is 0 Å². The van der Waals surface area contributed by atoms with Crippen molar-refractivity contribution >= 4 is 22.8 Å². The van der Waals surface area contributed by atoms with Gasteiger partial charge in [-0.2, -0.15) is 0 Å². The zero-order valence-corrected chi connectivity index (χ0v) is 12.1. The first kappa shape index (κ1) is 14.7. The Bertz CT molecular complexity index is 532. The van der Waals surface area contributed by atoms with E-state index in [-0.39, 0.29) is 5.91 Å². The molecule has 0 spiro atoms. The van der Waals surface area contributed by atoms with Crippen molar-refractivity contribution in [3.8, 4) is 11.5 Å². The average molecular weight is 298 g/mol. The zero-order valence-electron chi connectivity index (χ0n) is 11.4. The Kier molecular flexibility index (Phi) is 4.49. The summed E-state index contributed by atoms with van der Waals surface area (Å²) in [7, 11) is 3.04. The molecule has 1 aliphatic heterocycles. The summed E-state index contributed by atoms with van der Waals surface area (Å²) < 4.78 is 10.3. The van der Waals surface area contributed by atoms with Gasteiger partial charge in [0.15, 0.2) is 11.5 Å². The number of nitrogens with zero attached hydrogens (tertiary/aromatic N) is 1. The maximum atomic E-state index is 12.4. The molecular weight excluding hydrogens is 282 g/mol. The lowest BCUT2D eigenvalue weighted by Crippen LogP contribution is -2.38. The van der Waals surface area contributed by atoms with Crippen molar-refractivity contribution in [2.24, 2.45) is 0 Å². The molecule has 0 bridgehead atoms. The van der Waals surface area contributed by atoms with Crippen molar-refractivity contribution < 1.29 is 19.1 Å². The summed E-state index contributed by atoms with van der Waals surface area (Å²) in [5, 5.41) is -0.490. The molecule has 6 heteroatoms.